The van der Waals surface area contributed by atoms with Gasteiger partial charge in [0.05, 0.1) is 25.0 Å². The van der Waals surface area contributed by atoms with Crippen molar-refractivity contribution in [3.63, 3.8) is 0 Å². The molecule has 0 aliphatic heterocycles. The molecule has 2 nitrogen and oxygen atoms in total. The second-order valence-corrected chi connectivity index (χ2v) is 9.84. The van der Waals surface area contributed by atoms with E-state index in [0.717, 1.165) is 9.75 Å². The van der Waals surface area contributed by atoms with Crippen molar-refractivity contribution in [2.75, 3.05) is 0 Å². The van der Waals surface area contributed by atoms with E-state index in [2.05, 4.69) is 24.3 Å². The van der Waals surface area contributed by atoms with Crippen molar-refractivity contribution in [1.29, 1.82) is 10.5 Å². The average molecular weight is 371 g/mol. The molecule has 0 atom stereocenters. The van der Waals surface area contributed by atoms with Crippen molar-refractivity contribution in [2.45, 2.75) is 12.8 Å². The quantitative estimate of drug-likeness (QED) is 0.715. The Morgan fingerprint density at radius 2 is 1.35 bits per heavy atom. The van der Waals surface area contributed by atoms with Crippen LogP contribution in [0.25, 0.3) is 0 Å². The molecule has 2 rings (SSSR count). The van der Waals surface area contributed by atoms with E-state index >= 15 is 0 Å². The zero-order chi connectivity index (χ0) is 12.1. The third kappa shape index (κ3) is 3.53. The first-order valence-corrected chi connectivity index (χ1v) is 8.67. The van der Waals surface area contributed by atoms with Gasteiger partial charge in [-0.05, 0) is 12.1 Å². The average Bonchev–Trinajstić information content (AvgIpc) is 2.91. The van der Waals surface area contributed by atoms with Gasteiger partial charge in [-0.15, -0.1) is 0 Å². The number of thiophene rings is 2. The Morgan fingerprint density at radius 1 is 0.882 bits per heavy atom. The van der Waals surface area contributed by atoms with Crippen molar-refractivity contribution in [3.05, 3.63) is 39.8 Å². The minimum absolute atomic E-state index is 0.134. The fourth-order valence-electron chi connectivity index (χ4n) is 1.24. The molecule has 0 spiro atoms. The summed E-state index contributed by atoms with van der Waals surface area (Å²) in [5, 5.41) is 17.2. The molecular formula is C12H8IN2S2+. The Bertz CT molecular complexity index is 534. The molecule has 2 aromatic heterocycles. The van der Waals surface area contributed by atoms with Gasteiger partial charge in [0.15, 0.2) is 0 Å². The molecule has 0 unspecified atom stereocenters. The molecule has 0 bridgehead atoms. The Morgan fingerprint density at radius 3 is 1.76 bits per heavy atom. The van der Waals surface area contributed by atoms with Crippen molar-refractivity contribution in [3.8, 4) is 12.1 Å². The number of rotatable bonds is 4. The maximum absolute atomic E-state index is 8.62. The lowest BCUT2D eigenvalue weighted by Crippen LogP contribution is -3.61. The molecule has 0 radical (unpaired) electrons. The van der Waals surface area contributed by atoms with Crippen LogP contribution in [0.2, 0.25) is 0 Å². The monoisotopic (exact) mass is 371 g/mol. The van der Waals surface area contributed by atoms with E-state index in [1.165, 1.54) is 5.77 Å². The summed E-state index contributed by atoms with van der Waals surface area (Å²) < 4.78 is 2.78. The Kier molecular flexibility index (Phi) is 4.55. The van der Waals surface area contributed by atoms with Crippen LogP contribution in [0.3, 0.4) is 0 Å². The topological polar surface area (TPSA) is 47.6 Å². The first-order chi connectivity index (χ1) is 8.31. The van der Waals surface area contributed by atoms with E-state index in [0.29, 0.717) is 12.8 Å². The van der Waals surface area contributed by atoms with Gasteiger partial charge in [0.1, 0.15) is 0 Å². The SMILES string of the molecule is N#CCc1ccc([I+]c2ccc(CC#N)s2)s1. The van der Waals surface area contributed by atoms with Crippen LogP contribution < -0.4 is 21.2 Å². The second-order valence-electron chi connectivity index (χ2n) is 3.18. The highest BCUT2D eigenvalue weighted by atomic mass is 127. The minimum Gasteiger partial charge on any atom is -0.198 e. The molecule has 0 fully saturated rings. The van der Waals surface area contributed by atoms with Crippen molar-refractivity contribution in [1.82, 2.24) is 0 Å². The summed E-state index contributed by atoms with van der Waals surface area (Å²) in [5.74, 6) is 0. The van der Waals surface area contributed by atoms with Crippen LogP contribution in [-0.2, 0) is 12.8 Å². The van der Waals surface area contributed by atoms with Gasteiger partial charge in [0, 0.05) is 21.9 Å². The Hall–Kier alpha value is -0.890. The largest absolute Gasteiger partial charge is 0.381 e. The summed E-state index contributed by atoms with van der Waals surface area (Å²) in [7, 11) is 0. The van der Waals surface area contributed by atoms with Crippen LogP contribution in [0, 0.1) is 28.4 Å². The predicted molar refractivity (Wildman–Crippen MR) is 64.7 cm³/mol. The summed E-state index contributed by atoms with van der Waals surface area (Å²) >= 11 is 3.35. The number of hydrogen-bond donors (Lipinski definition) is 0. The zero-order valence-corrected chi connectivity index (χ0v) is 12.6. The standard InChI is InChI=1S/C12H8IN2S2/c14-7-5-9-1-3-11(16-9)13-12-4-2-10(17-12)6-8-15/h1-4H,5-6H2/q+1. The summed E-state index contributed by atoms with van der Waals surface area (Å²) in [6, 6.07) is 12.7. The van der Waals surface area contributed by atoms with Crippen LogP contribution in [0.4, 0.5) is 0 Å². The molecule has 5 heteroatoms. The predicted octanol–water partition coefficient (Wildman–Crippen LogP) is 0.0702. The van der Waals surface area contributed by atoms with Crippen molar-refractivity contribution in [2.24, 2.45) is 0 Å². The molecule has 0 amide bonds. The lowest BCUT2D eigenvalue weighted by molar-refractivity contribution is -0.585. The van der Waals surface area contributed by atoms with Gasteiger partial charge in [-0.3, -0.25) is 0 Å². The highest BCUT2D eigenvalue weighted by Gasteiger charge is 2.20. The van der Waals surface area contributed by atoms with Gasteiger partial charge in [-0.25, -0.2) is 0 Å². The van der Waals surface area contributed by atoms with Crippen molar-refractivity contribution >= 4 is 22.7 Å². The number of hydrogen-bond acceptors (Lipinski definition) is 4. The van der Waals surface area contributed by atoms with Crippen LogP contribution in [0.1, 0.15) is 9.75 Å². The number of nitriles is 2. The fourth-order valence-corrected chi connectivity index (χ4v) is 7.68. The minimum atomic E-state index is -0.134. The van der Waals surface area contributed by atoms with Gasteiger partial charge in [-0.1, -0.05) is 22.7 Å². The van der Waals surface area contributed by atoms with E-state index in [4.69, 9.17) is 10.5 Å². The maximum atomic E-state index is 8.62. The van der Waals surface area contributed by atoms with Crippen LogP contribution in [-0.4, -0.2) is 0 Å². The molecule has 0 aromatic carbocycles. The summed E-state index contributed by atoms with van der Waals surface area (Å²) in [6.07, 6.45) is 1.02. The number of nitrogens with zero attached hydrogens (tertiary/aromatic N) is 2. The molecule has 0 N–H and O–H groups in total. The number of halogens is 1. The summed E-state index contributed by atoms with van der Waals surface area (Å²) in [5.41, 5.74) is 0. The highest BCUT2D eigenvalue weighted by molar-refractivity contribution is 7.10. The highest BCUT2D eigenvalue weighted by Crippen LogP contribution is 2.11. The van der Waals surface area contributed by atoms with Gasteiger partial charge in [-0.2, -0.15) is 10.5 Å². The van der Waals surface area contributed by atoms with Crippen LogP contribution in [0.15, 0.2) is 24.3 Å². The molecule has 2 heterocycles. The molecule has 0 saturated heterocycles. The fraction of sp³-hybridized carbons (Fsp3) is 0.167. The van der Waals surface area contributed by atoms with Gasteiger partial charge in [0.25, 0.3) is 0 Å². The first kappa shape index (κ1) is 12.6. The lowest BCUT2D eigenvalue weighted by atomic mass is 10.4. The van der Waals surface area contributed by atoms with E-state index in [-0.39, 0.29) is 21.2 Å². The molecule has 0 aliphatic carbocycles. The van der Waals surface area contributed by atoms with Gasteiger partial charge >= 0.3 is 21.2 Å². The Labute approximate surface area is 118 Å². The van der Waals surface area contributed by atoms with Crippen LogP contribution in [0.5, 0.6) is 0 Å². The normalized spacial score (nSPS) is 9.76. The summed E-state index contributed by atoms with van der Waals surface area (Å²) in [4.78, 5) is 2.30. The first-order valence-electron chi connectivity index (χ1n) is 4.88. The third-order valence-corrected chi connectivity index (χ3v) is 7.84. The maximum Gasteiger partial charge on any atom is 0.381 e. The summed E-state index contributed by atoms with van der Waals surface area (Å²) in [6.45, 7) is 0. The molecule has 0 aliphatic rings. The smallest absolute Gasteiger partial charge is 0.198 e. The molecule has 84 valence electrons. The van der Waals surface area contributed by atoms with Gasteiger partial charge < -0.3 is 0 Å². The zero-order valence-electron chi connectivity index (χ0n) is 8.81. The van der Waals surface area contributed by atoms with Gasteiger partial charge in [0.2, 0.25) is 5.77 Å². The van der Waals surface area contributed by atoms with E-state index in [9.17, 15) is 0 Å². The van der Waals surface area contributed by atoms with E-state index < -0.39 is 0 Å². The second kappa shape index (κ2) is 6.15. The molecule has 17 heavy (non-hydrogen) atoms. The Balaban J connectivity index is 2.04. The van der Waals surface area contributed by atoms with E-state index in [1.54, 1.807) is 22.7 Å². The molecule has 2 aromatic rings. The van der Waals surface area contributed by atoms with Crippen molar-refractivity contribution < 1.29 is 21.2 Å². The third-order valence-electron chi connectivity index (χ3n) is 1.95. The van der Waals surface area contributed by atoms with Crippen LogP contribution >= 0.6 is 22.7 Å². The molecule has 0 saturated carbocycles. The molecular weight excluding hydrogens is 363 g/mol. The lowest BCUT2D eigenvalue weighted by Gasteiger charge is -1.78. The van der Waals surface area contributed by atoms with E-state index in [1.807, 2.05) is 12.1 Å².